The van der Waals surface area contributed by atoms with Crippen LogP contribution in [-0.2, 0) is 28.6 Å². The number of carbonyl (C=O) groups is 3. The van der Waals surface area contributed by atoms with Crippen LogP contribution in [-0.4, -0.2) is 44.9 Å². The molecule has 17 heavy (non-hydrogen) atoms. The number of rotatable bonds is 4. The lowest BCUT2D eigenvalue weighted by Gasteiger charge is -2.17. The Kier molecular flexibility index (Phi) is 4.89. The van der Waals surface area contributed by atoms with Crippen LogP contribution in [0.5, 0.6) is 0 Å². The summed E-state index contributed by atoms with van der Waals surface area (Å²) in [5.74, 6) is -2.15. The first-order valence-electron chi connectivity index (χ1n) is 5.14. The number of hydrogen-bond donors (Lipinski definition) is 1. The van der Waals surface area contributed by atoms with Gasteiger partial charge in [-0.1, -0.05) is 0 Å². The summed E-state index contributed by atoms with van der Waals surface area (Å²) in [7, 11) is 2.47. The summed E-state index contributed by atoms with van der Waals surface area (Å²) in [6.07, 6.45) is -0.653. The third-order valence-electron chi connectivity index (χ3n) is 2.43. The van der Waals surface area contributed by atoms with E-state index in [0.29, 0.717) is 13.0 Å². The highest BCUT2D eigenvalue weighted by molar-refractivity contribution is 5.94. The number of hydrogen-bond acceptors (Lipinski definition) is 6. The van der Waals surface area contributed by atoms with Crippen molar-refractivity contribution >= 4 is 17.8 Å². The molecule has 1 aliphatic heterocycles. The SMILES string of the molecule is COC(=O)CC(=O)NC1OCCC1C(=O)OC. The van der Waals surface area contributed by atoms with Gasteiger partial charge in [-0.2, -0.15) is 0 Å². The van der Waals surface area contributed by atoms with E-state index in [1.165, 1.54) is 14.2 Å². The number of esters is 2. The molecule has 7 nitrogen and oxygen atoms in total. The molecule has 2 unspecified atom stereocenters. The first kappa shape index (κ1) is 13.4. The average molecular weight is 245 g/mol. The van der Waals surface area contributed by atoms with E-state index in [0.717, 1.165) is 0 Å². The molecule has 2 atom stereocenters. The number of methoxy groups -OCH3 is 2. The van der Waals surface area contributed by atoms with Crippen molar-refractivity contribution in [3.8, 4) is 0 Å². The van der Waals surface area contributed by atoms with Crippen LogP contribution >= 0.6 is 0 Å². The lowest BCUT2D eigenvalue weighted by Crippen LogP contribution is -2.42. The maximum Gasteiger partial charge on any atom is 0.315 e. The van der Waals surface area contributed by atoms with Crippen LogP contribution in [0.4, 0.5) is 0 Å². The summed E-state index contributed by atoms with van der Waals surface area (Å²) >= 11 is 0. The lowest BCUT2D eigenvalue weighted by molar-refractivity contribution is -0.148. The lowest BCUT2D eigenvalue weighted by atomic mass is 10.1. The fraction of sp³-hybridized carbons (Fsp3) is 0.700. The highest BCUT2D eigenvalue weighted by Crippen LogP contribution is 2.20. The van der Waals surface area contributed by atoms with Crippen molar-refractivity contribution in [2.45, 2.75) is 19.1 Å². The Hall–Kier alpha value is -1.63. The van der Waals surface area contributed by atoms with Crippen molar-refractivity contribution in [2.24, 2.45) is 5.92 Å². The van der Waals surface area contributed by atoms with Gasteiger partial charge < -0.3 is 19.5 Å². The van der Waals surface area contributed by atoms with Crippen molar-refractivity contribution in [3.63, 3.8) is 0 Å². The number of carbonyl (C=O) groups excluding carboxylic acids is 3. The van der Waals surface area contributed by atoms with Gasteiger partial charge in [0.15, 0.2) is 0 Å². The van der Waals surface area contributed by atoms with Gasteiger partial charge in [0, 0.05) is 0 Å². The topological polar surface area (TPSA) is 90.9 Å². The summed E-state index contributed by atoms with van der Waals surface area (Å²) in [6.45, 7) is 0.364. The fourth-order valence-corrected chi connectivity index (χ4v) is 1.54. The highest BCUT2D eigenvalue weighted by Gasteiger charge is 2.36. The summed E-state index contributed by atoms with van der Waals surface area (Å²) in [5.41, 5.74) is 0. The summed E-state index contributed by atoms with van der Waals surface area (Å²) in [4.78, 5) is 33.6. The van der Waals surface area contributed by atoms with Crippen molar-refractivity contribution < 1.29 is 28.6 Å². The van der Waals surface area contributed by atoms with E-state index in [4.69, 9.17) is 4.74 Å². The molecule has 1 rings (SSSR count). The second-order valence-corrected chi connectivity index (χ2v) is 3.53. The summed E-state index contributed by atoms with van der Waals surface area (Å²) < 4.78 is 14.1. The summed E-state index contributed by atoms with van der Waals surface area (Å²) in [6, 6.07) is 0. The van der Waals surface area contributed by atoms with Gasteiger partial charge >= 0.3 is 11.9 Å². The molecule has 1 fully saturated rings. The van der Waals surface area contributed by atoms with E-state index >= 15 is 0 Å². The second kappa shape index (κ2) is 6.19. The Morgan fingerprint density at radius 2 is 2.00 bits per heavy atom. The Balaban J connectivity index is 2.47. The van der Waals surface area contributed by atoms with Gasteiger partial charge in [0.2, 0.25) is 5.91 Å². The molecule has 1 saturated heterocycles. The minimum Gasteiger partial charge on any atom is -0.469 e. The molecule has 1 N–H and O–H groups in total. The van der Waals surface area contributed by atoms with Crippen molar-refractivity contribution in [1.29, 1.82) is 0 Å². The number of ether oxygens (including phenoxy) is 3. The van der Waals surface area contributed by atoms with Gasteiger partial charge in [-0.15, -0.1) is 0 Å². The van der Waals surface area contributed by atoms with Crippen LogP contribution in [0, 0.1) is 5.92 Å². The Morgan fingerprint density at radius 3 is 2.59 bits per heavy atom. The zero-order valence-corrected chi connectivity index (χ0v) is 9.73. The first-order valence-corrected chi connectivity index (χ1v) is 5.14. The monoisotopic (exact) mass is 245 g/mol. The Labute approximate surface area is 98.4 Å². The predicted octanol–water partition coefficient (Wildman–Crippen LogP) is -0.799. The minimum absolute atomic E-state index is 0.364. The van der Waals surface area contributed by atoms with E-state index in [1.54, 1.807) is 0 Å². The zero-order chi connectivity index (χ0) is 12.8. The molecule has 0 aromatic carbocycles. The standard InChI is InChI=1S/C10H15NO6/c1-15-8(13)5-7(12)11-9-6(3-4-17-9)10(14)16-2/h6,9H,3-5H2,1-2H3,(H,11,12). The normalized spacial score (nSPS) is 22.9. The van der Waals surface area contributed by atoms with Crippen LogP contribution in [0.1, 0.15) is 12.8 Å². The molecule has 0 radical (unpaired) electrons. The molecule has 7 heteroatoms. The second-order valence-electron chi connectivity index (χ2n) is 3.53. The van der Waals surface area contributed by atoms with E-state index in [2.05, 4.69) is 14.8 Å². The van der Waals surface area contributed by atoms with E-state index in [9.17, 15) is 14.4 Å². The van der Waals surface area contributed by atoms with Gasteiger partial charge in [-0.25, -0.2) is 0 Å². The van der Waals surface area contributed by atoms with Gasteiger partial charge in [0.1, 0.15) is 18.6 Å². The predicted molar refractivity (Wildman–Crippen MR) is 54.6 cm³/mol. The third kappa shape index (κ3) is 3.70. The van der Waals surface area contributed by atoms with Crippen LogP contribution in [0.2, 0.25) is 0 Å². The zero-order valence-electron chi connectivity index (χ0n) is 9.73. The highest BCUT2D eigenvalue weighted by atomic mass is 16.5. The van der Waals surface area contributed by atoms with Gasteiger partial charge in [0.25, 0.3) is 0 Å². The van der Waals surface area contributed by atoms with Gasteiger partial charge in [-0.05, 0) is 6.42 Å². The fourth-order valence-electron chi connectivity index (χ4n) is 1.54. The molecule has 0 aromatic heterocycles. The van der Waals surface area contributed by atoms with E-state index < -0.39 is 36.4 Å². The molecule has 1 amide bonds. The van der Waals surface area contributed by atoms with E-state index in [1.807, 2.05) is 0 Å². The molecule has 0 aliphatic carbocycles. The molecule has 96 valence electrons. The average Bonchev–Trinajstić information content (AvgIpc) is 2.75. The molecule has 1 heterocycles. The first-order chi connectivity index (χ1) is 8.08. The minimum atomic E-state index is -0.736. The van der Waals surface area contributed by atoms with Crippen LogP contribution in [0.3, 0.4) is 0 Å². The van der Waals surface area contributed by atoms with Crippen molar-refractivity contribution in [2.75, 3.05) is 20.8 Å². The number of nitrogens with one attached hydrogen (secondary N) is 1. The van der Waals surface area contributed by atoms with E-state index in [-0.39, 0.29) is 0 Å². The van der Waals surface area contributed by atoms with Gasteiger partial charge in [-0.3, -0.25) is 14.4 Å². The smallest absolute Gasteiger partial charge is 0.315 e. The molecule has 1 aliphatic rings. The molecule has 0 aromatic rings. The van der Waals surface area contributed by atoms with Crippen LogP contribution < -0.4 is 5.32 Å². The van der Waals surface area contributed by atoms with Crippen molar-refractivity contribution in [1.82, 2.24) is 5.32 Å². The van der Waals surface area contributed by atoms with Crippen LogP contribution in [0.15, 0.2) is 0 Å². The molecule has 0 saturated carbocycles. The molecular formula is C10H15NO6. The molecule has 0 spiro atoms. The Bertz CT molecular complexity index is 316. The molecular weight excluding hydrogens is 230 g/mol. The maximum absolute atomic E-state index is 11.4. The molecule has 0 bridgehead atoms. The van der Waals surface area contributed by atoms with Gasteiger partial charge in [0.05, 0.1) is 20.8 Å². The quantitative estimate of drug-likeness (QED) is 0.515. The van der Waals surface area contributed by atoms with Crippen molar-refractivity contribution in [3.05, 3.63) is 0 Å². The third-order valence-corrected chi connectivity index (χ3v) is 2.43. The Morgan fingerprint density at radius 1 is 1.29 bits per heavy atom. The summed E-state index contributed by atoms with van der Waals surface area (Å²) in [5, 5.41) is 2.45. The largest absolute Gasteiger partial charge is 0.469 e. The maximum atomic E-state index is 11.4. The van der Waals surface area contributed by atoms with Crippen LogP contribution in [0.25, 0.3) is 0 Å². The number of amides is 1.